The molecule has 0 aliphatic carbocycles. The molecule has 1 aromatic carbocycles. The summed E-state index contributed by atoms with van der Waals surface area (Å²) < 4.78 is 86.1. The Morgan fingerprint density at radius 1 is 1.20 bits per heavy atom. The van der Waals surface area contributed by atoms with Crippen molar-refractivity contribution in [2.45, 2.75) is 36.8 Å². The van der Waals surface area contributed by atoms with E-state index in [0.717, 1.165) is 30.3 Å². The average molecular weight is 443 g/mol. The van der Waals surface area contributed by atoms with Gasteiger partial charge in [0.25, 0.3) is 5.71 Å². The molecule has 0 N–H and O–H groups in total. The van der Waals surface area contributed by atoms with Crippen molar-refractivity contribution in [3.63, 3.8) is 0 Å². The molecule has 2 aromatic heterocycles. The van der Waals surface area contributed by atoms with Crippen LogP contribution in [0.15, 0.2) is 39.8 Å². The Morgan fingerprint density at radius 3 is 2.57 bits per heavy atom. The number of halogens is 4. The zero-order chi connectivity index (χ0) is 21.7. The van der Waals surface area contributed by atoms with Crippen LogP contribution in [0.4, 0.5) is 17.6 Å². The maximum Gasteiger partial charge on any atom is 0.417 e. The van der Waals surface area contributed by atoms with Gasteiger partial charge in [0.15, 0.2) is 0 Å². The molecule has 0 radical (unpaired) electrons. The summed E-state index contributed by atoms with van der Waals surface area (Å²) in [5.41, 5.74) is -0.943. The van der Waals surface area contributed by atoms with Crippen LogP contribution >= 0.6 is 0 Å². The Bertz CT molecular complexity index is 1190. The van der Waals surface area contributed by atoms with Crippen LogP contribution in [-0.2, 0) is 16.2 Å². The van der Waals surface area contributed by atoms with Crippen LogP contribution in [-0.4, -0.2) is 36.0 Å². The van der Waals surface area contributed by atoms with E-state index in [-0.39, 0.29) is 40.5 Å². The molecule has 11 heteroatoms. The molecule has 160 valence electrons. The number of pyridine rings is 1. The lowest BCUT2D eigenvalue weighted by molar-refractivity contribution is -0.136. The molecule has 1 aliphatic rings. The molecule has 1 atom stereocenters. The number of aromatic nitrogens is 2. The van der Waals surface area contributed by atoms with Gasteiger partial charge in [0.2, 0.25) is 10.0 Å². The van der Waals surface area contributed by atoms with Crippen molar-refractivity contribution < 1.29 is 30.5 Å². The smallest absolute Gasteiger partial charge is 0.336 e. The summed E-state index contributed by atoms with van der Waals surface area (Å²) in [6.07, 6.45) is -3.76. The molecule has 1 fully saturated rings. The van der Waals surface area contributed by atoms with Crippen LogP contribution in [0.3, 0.4) is 0 Å². The first-order valence-corrected chi connectivity index (χ1v) is 10.6. The topological polar surface area (TPSA) is 76.3 Å². The van der Waals surface area contributed by atoms with Crippen molar-refractivity contribution in [1.82, 2.24) is 14.4 Å². The molecule has 0 spiro atoms. The van der Waals surface area contributed by atoms with Gasteiger partial charge in [0.05, 0.1) is 21.5 Å². The summed E-state index contributed by atoms with van der Waals surface area (Å²) in [4.78, 5) is 3.91. The number of hydrogen-bond acceptors (Lipinski definition) is 5. The molecule has 4 rings (SSSR count). The fourth-order valence-electron chi connectivity index (χ4n) is 3.74. The second-order valence-electron chi connectivity index (χ2n) is 7.21. The highest BCUT2D eigenvalue weighted by Crippen LogP contribution is 2.40. The summed E-state index contributed by atoms with van der Waals surface area (Å²) in [5, 5.41) is 3.59. The molecule has 0 amide bonds. The number of hydrogen-bond donors (Lipinski definition) is 0. The number of sulfonamides is 1. The van der Waals surface area contributed by atoms with E-state index in [1.807, 2.05) is 0 Å². The fourth-order valence-corrected chi connectivity index (χ4v) is 5.26. The molecule has 1 unspecified atom stereocenters. The Morgan fingerprint density at radius 2 is 1.90 bits per heavy atom. The zero-order valence-corrected chi connectivity index (χ0v) is 16.6. The van der Waals surface area contributed by atoms with Crippen molar-refractivity contribution >= 4 is 21.1 Å². The first kappa shape index (κ1) is 20.7. The van der Waals surface area contributed by atoms with Gasteiger partial charge in [-0.15, -0.1) is 0 Å². The van der Waals surface area contributed by atoms with E-state index < -0.39 is 33.5 Å². The number of nitrogens with zero attached hydrogens (tertiary/aromatic N) is 3. The van der Waals surface area contributed by atoms with E-state index in [1.165, 1.54) is 11.2 Å². The van der Waals surface area contributed by atoms with Gasteiger partial charge in [-0.25, -0.2) is 17.8 Å². The third-order valence-electron chi connectivity index (χ3n) is 5.13. The van der Waals surface area contributed by atoms with E-state index in [1.54, 1.807) is 0 Å². The molecule has 30 heavy (non-hydrogen) atoms. The molecule has 0 bridgehead atoms. The molecule has 3 heterocycles. The van der Waals surface area contributed by atoms with Crippen molar-refractivity contribution in [3.8, 4) is 0 Å². The summed E-state index contributed by atoms with van der Waals surface area (Å²) in [6, 6.07) is 5.34. The van der Waals surface area contributed by atoms with E-state index in [0.29, 0.717) is 12.8 Å². The van der Waals surface area contributed by atoms with Crippen LogP contribution in [0.2, 0.25) is 0 Å². The Balaban J connectivity index is 1.72. The molecule has 6 nitrogen and oxygen atoms in total. The fraction of sp³-hybridized carbons (Fsp3) is 0.368. The van der Waals surface area contributed by atoms with Gasteiger partial charge in [-0.2, -0.15) is 17.5 Å². The molecule has 3 aromatic rings. The number of rotatable bonds is 3. The van der Waals surface area contributed by atoms with E-state index in [4.69, 9.17) is 4.52 Å². The standard InChI is InChI=1S/C19H17F4N3O3S/c1-11-9-15(19(21,22)23)16-17(25-29-18(16)24-11)12-3-2-8-26(10-12)30(27,28)14-6-4-13(20)5-7-14/h4-7,9,12H,2-3,8,10H2,1H3. The van der Waals surface area contributed by atoms with Crippen molar-refractivity contribution in [2.75, 3.05) is 13.1 Å². The van der Waals surface area contributed by atoms with Crippen molar-refractivity contribution in [3.05, 3.63) is 53.1 Å². The van der Waals surface area contributed by atoms with Gasteiger partial charge >= 0.3 is 6.18 Å². The average Bonchev–Trinajstić information content (AvgIpc) is 3.10. The highest BCUT2D eigenvalue weighted by Gasteiger charge is 2.39. The van der Waals surface area contributed by atoms with Crippen LogP contribution in [0.1, 0.15) is 35.7 Å². The number of benzene rings is 1. The second-order valence-corrected chi connectivity index (χ2v) is 9.15. The first-order valence-electron chi connectivity index (χ1n) is 9.17. The van der Waals surface area contributed by atoms with Crippen LogP contribution in [0.5, 0.6) is 0 Å². The second kappa shape index (κ2) is 7.31. The van der Waals surface area contributed by atoms with Crippen LogP contribution in [0.25, 0.3) is 11.1 Å². The van der Waals surface area contributed by atoms with Gasteiger partial charge in [0, 0.05) is 24.7 Å². The van der Waals surface area contributed by atoms with Gasteiger partial charge in [-0.1, -0.05) is 5.16 Å². The minimum absolute atomic E-state index is 0.0452. The highest BCUT2D eigenvalue weighted by molar-refractivity contribution is 7.89. The molecule has 1 aliphatic heterocycles. The molecule has 1 saturated heterocycles. The predicted molar refractivity (Wildman–Crippen MR) is 98.7 cm³/mol. The van der Waals surface area contributed by atoms with Crippen LogP contribution < -0.4 is 0 Å². The number of alkyl halides is 3. The van der Waals surface area contributed by atoms with E-state index in [9.17, 15) is 26.0 Å². The minimum Gasteiger partial charge on any atom is -0.336 e. The number of piperidine rings is 1. The lowest BCUT2D eigenvalue weighted by Crippen LogP contribution is -2.39. The maximum absolute atomic E-state index is 13.6. The summed E-state index contributed by atoms with van der Waals surface area (Å²) in [5.74, 6) is -1.16. The van der Waals surface area contributed by atoms with Crippen LogP contribution in [0, 0.1) is 12.7 Å². The third kappa shape index (κ3) is 3.67. The Hall–Kier alpha value is -2.53. The van der Waals surface area contributed by atoms with Crippen molar-refractivity contribution in [2.24, 2.45) is 0 Å². The quantitative estimate of drug-likeness (QED) is 0.566. The van der Waals surface area contributed by atoms with E-state index >= 15 is 0 Å². The lowest BCUT2D eigenvalue weighted by Gasteiger charge is -2.31. The van der Waals surface area contributed by atoms with Gasteiger partial charge in [0.1, 0.15) is 5.82 Å². The monoisotopic (exact) mass is 443 g/mol. The van der Waals surface area contributed by atoms with Crippen molar-refractivity contribution in [1.29, 1.82) is 0 Å². The molecule has 0 saturated carbocycles. The van der Waals surface area contributed by atoms with Gasteiger partial charge < -0.3 is 4.52 Å². The first-order chi connectivity index (χ1) is 14.1. The number of aryl methyl sites for hydroxylation is 1. The Labute approximate surface area is 169 Å². The SMILES string of the molecule is Cc1cc(C(F)(F)F)c2c(C3CCCN(S(=O)(=O)c4ccc(F)cc4)C3)noc2n1. The summed E-state index contributed by atoms with van der Waals surface area (Å²) >= 11 is 0. The van der Waals surface area contributed by atoms with Gasteiger partial charge in [-0.3, -0.25) is 0 Å². The predicted octanol–water partition coefficient (Wildman–Crippen LogP) is 4.26. The summed E-state index contributed by atoms with van der Waals surface area (Å²) in [6.45, 7) is 1.57. The van der Waals surface area contributed by atoms with Gasteiger partial charge in [-0.05, 0) is 50.1 Å². The van der Waals surface area contributed by atoms with E-state index in [2.05, 4.69) is 10.1 Å². The Kier molecular flexibility index (Phi) is 5.05. The highest BCUT2D eigenvalue weighted by atomic mass is 32.2. The zero-order valence-electron chi connectivity index (χ0n) is 15.8. The molecular formula is C19H17F4N3O3S. The molecular weight excluding hydrogens is 426 g/mol. The largest absolute Gasteiger partial charge is 0.417 e. The third-order valence-corrected chi connectivity index (χ3v) is 7.01. The normalized spacial score (nSPS) is 18.8. The summed E-state index contributed by atoms with van der Waals surface area (Å²) in [7, 11) is -3.93. The number of fused-ring (bicyclic) bond motifs is 1. The lowest BCUT2D eigenvalue weighted by atomic mass is 9.93. The maximum atomic E-state index is 13.6. The minimum atomic E-state index is -4.64.